The summed E-state index contributed by atoms with van der Waals surface area (Å²) < 4.78 is 4.58. The van der Waals surface area contributed by atoms with Gasteiger partial charge in [0.25, 0.3) is 0 Å². The van der Waals surface area contributed by atoms with Crippen molar-refractivity contribution >= 4 is 17.6 Å². The minimum Gasteiger partial charge on any atom is -0.465 e. The summed E-state index contributed by atoms with van der Waals surface area (Å²) in [5.41, 5.74) is 0.784. The van der Waals surface area contributed by atoms with Crippen LogP contribution < -0.4 is 0 Å². The predicted molar refractivity (Wildman–Crippen MR) is 56.8 cm³/mol. The molecule has 0 atom stereocenters. The van der Waals surface area contributed by atoms with E-state index in [9.17, 15) is 4.79 Å². The molecule has 0 spiro atoms. The molecule has 1 rings (SSSR count). The van der Waals surface area contributed by atoms with Crippen LogP contribution in [0, 0.1) is 11.8 Å². The van der Waals surface area contributed by atoms with Gasteiger partial charge in [0.05, 0.1) is 12.7 Å². The van der Waals surface area contributed by atoms with Crippen molar-refractivity contribution in [3.05, 3.63) is 34.3 Å². The molecular weight excluding hydrogens is 216 g/mol. The summed E-state index contributed by atoms with van der Waals surface area (Å²) in [5.74, 6) is 4.60. The number of ether oxygens (including phenoxy) is 1. The van der Waals surface area contributed by atoms with Crippen molar-refractivity contribution in [1.29, 1.82) is 0 Å². The van der Waals surface area contributed by atoms with Gasteiger partial charge in [0.1, 0.15) is 6.61 Å². The van der Waals surface area contributed by atoms with Gasteiger partial charge in [-0.1, -0.05) is 23.4 Å². The van der Waals surface area contributed by atoms with E-state index in [-0.39, 0.29) is 6.61 Å². The van der Waals surface area contributed by atoms with E-state index in [1.165, 1.54) is 13.2 Å². The molecule has 0 bridgehead atoms. The Morgan fingerprint density at radius 2 is 2.33 bits per heavy atom. The van der Waals surface area contributed by atoms with Crippen LogP contribution in [0.2, 0.25) is 5.02 Å². The van der Waals surface area contributed by atoms with Crippen molar-refractivity contribution in [2.24, 2.45) is 0 Å². The molecule has 0 aromatic heterocycles. The third kappa shape index (κ3) is 2.98. The standard InChI is InChI=1S/C11H9ClO3/c1-15-11(14)10-7-9(12)5-4-8(10)3-2-6-13/h4-5,7,13H,6H2,1H3. The zero-order valence-electron chi connectivity index (χ0n) is 8.08. The summed E-state index contributed by atoms with van der Waals surface area (Å²) in [7, 11) is 1.28. The second-order valence-corrected chi connectivity index (χ2v) is 3.08. The molecule has 0 heterocycles. The maximum Gasteiger partial charge on any atom is 0.339 e. The SMILES string of the molecule is COC(=O)c1cc(Cl)ccc1C#CCO. The Morgan fingerprint density at radius 1 is 1.60 bits per heavy atom. The maximum atomic E-state index is 11.3. The van der Waals surface area contributed by atoms with Gasteiger partial charge < -0.3 is 9.84 Å². The molecule has 0 fully saturated rings. The van der Waals surface area contributed by atoms with E-state index in [4.69, 9.17) is 16.7 Å². The van der Waals surface area contributed by atoms with Gasteiger partial charge in [0, 0.05) is 10.6 Å². The molecule has 0 saturated carbocycles. The van der Waals surface area contributed by atoms with Gasteiger partial charge in [-0.2, -0.15) is 0 Å². The lowest BCUT2D eigenvalue weighted by Gasteiger charge is -2.02. The Hall–Kier alpha value is -1.50. The van der Waals surface area contributed by atoms with E-state index in [1.54, 1.807) is 12.1 Å². The van der Waals surface area contributed by atoms with Gasteiger partial charge >= 0.3 is 5.97 Å². The average molecular weight is 225 g/mol. The molecule has 78 valence electrons. The maximum absolute atomic E-state index is 11.3. The fourth-order valence-corrected chi connectivity index (χ4v) is 1.21. The summed E-state index contributed by atoms with van der Waals surface area (Å²) in [5, 5.41) is 8.99. The van der Waals surface area contributed by atoms with Gasteiger partial charge in [0.15, 0.2) is 0 Å². The van der Waals surface area contributed by atoms with Crippen LogP contribution in [0.25, 0.3) is 0 Å². The number of carbonyl (C=O) groups excluding carboxylic acids is 1. The summed E-state index contributed by atoms with van der Waals surface area (Å²) in [6.07, 6.45) is 0. The topological polar surface area (TPSA) is 46.5 Å². The van der Waals surface area contributed by atoms with Gasteiger partial charge in [-0.05, 0) is 18.2 Å². The lowest BCUT2D eigenvalue weighted by Crippen LogP contribution is -2.04. The van der Waals surface area contributed by atoms with Gasteiger partial charge in [0.2, 0.25) is 0 Å². The zero-order valence-corrected chi connectivity index (χ0v) is 8.84. The van der Waals surface area contributed by atoms with E-state index in [0.717, 1.165) is 0 Å². The highest BCUT2D eigenvalue weighted by Gasteiger charge is 2.10. The average Bonchev–Trinajstić information content (AvgIpc) is 2.26. The second-order valence-electron chi connectivity index (χ2n) is 2.64. The van der Waals surface area contributed by atoms with E-state index in [0.29, 0.717) is 16.1 Å². The van der Waals surface area contributed by atoms with Crippen molar-refractivity contribution in [2.45, 2.75) is 0 Å². The number of hydrogen-bond donors (Lipinski definition) is 1. The van der Waals surface area contributed by atoms with Crippen LogP contribution in [0.5, 0.6) is 0 Å². The Bertz CT molecular complexity index is 429. The van der Waals surface area contributed by atoms with E-state index >= 15 is 0 Å². The molecule has 3 nitrogen and oxygen atoms in total. The zero-order chi connectivity index (χ0) is 11.3. The summed E-state index contributed by atoms with van der Waals surface area (Å²) in [4.78, 5) is 11.3. The quantitative estimate of drug-likeness (QED) is 0.581. The molecule has 0 aliphatic carbocycles. The first-order chi connectivity index (χ1) is 7.19. The molecule has 1 aromatic rings. The number of aliphatic hydroxyl groups is 1. The fourth-order valence-electron chi connectivity index (χ4n) is 1.04. The van der Waals surface area contributed by atoms with Crippen molar-refractivity contribution < 1.29 is 14.6 Å². The number of benzene rings is 1. The molecule has 0 amide bonds. The van der Waals surface area contributed by atoms with Gasteiger partial charge in [-0.15, -0.1) is 0 Å². The minimum atomic E-state index is -0.500. The highest BCUT2D eigenvalue weighted by molar-refractivity contribution is 6.31. The Balaban J connectivity index is 3.20. The molecule has 0 aliphatic heterocycles. The molecule has 4 heteroatoms. The Morgan fingerprint density at radius 3 is 2.93 bits per heavy atom. The molecule has 0 aliphatic rings. The Kier molecular flexibility index (Phi) is 4.17. The third-order valence-electron chi connectivity index (χ3n) is 1.69. The monoisotopic (exact) mass is 224 g/mol. The van der Waals surface area contributed by atoms with Crippen LogP contribution in [-0.2, 0) is 4.74 Å². The highest BCUT2D eigenvalue weighted by Crippen LogP contribution is 2.16. The van der Waals surface area contributed by atoms with Crippen LogP contribution in [0.4, 0.5) is 0 Å². The van der Waals surface area contributed by atoms with Crippen LogP contribution in [0.15, 0.2) is 18.2 Å². The number of carbonyl (C=O) groups is 1. The molecule has 15 heavy (non-hydrogen) atoms. The lowest BCUT2D eigenvalue weighted by atomic mass is 10.1. The van der Waals surface area contributed by atoms with E-state index in [2.05, 4.69) is 16.6 Å². The molecular formula is C11H9ClO3. The number of rotatable bonds is 1. The first kappa shape index (κ1) is 11.6. The van der Waals surface area contributed by atoms with Crippen molar-refractivity contribution in [3.8, 4) is 11.8 Å². The van der Waals surface area contributed by atoms with Crippen LogP contribution in [0.1, 0.15) is 15.9 Å². The van der Waals surface area contributed by atoms with E-state index < -0.39 is 5.97 Å². The number of methoxy groups -OCH3 is 1. The molecule has 1 aromatic carbocycles. The minimum absolute atomic E-state index is 0.261. The molecule has 0 unspecified atom stereocenters. The van der Waals surface area contributed by atoms with E-state index in [1.807, 2.05) is 0 Å². The van der Waals surface area contributed by atoms with Crippen molar-refractivity contribution in [1.82, 2.24) is 0 Å². The molecule has 0 radical (unpaired) electrons. The normalized spacial score (nSPS) is 9.00. The lowest BCUT2D eigenvalue weighted by molar-refractivity contribution is 0.0600. The smallest absolute Gasteiger partial charge is 0.339 e. The largest absolute Gasteiger partial charge is 0.465 e. The predicted octanol–water partition coefficient (Wildman–Crippen LogP) is 1.47. The van der Waals surface area contributed by atoms with Crippen LogP contribution >= 0.6 is 11.6 Å². The summed E-state index contributed by atoms with van der Waals surface area (Å²) >= 11 is 5.75. The van der Waals surface area contributed by atoms with Crippen molar-refractivity contribution in [2.75, 3.05) is 13.7 Å². The highest BCUT2D eigenvalue weighted by atomic mass is 35.5. The summed E-state index contributed by atoms with van der Waals surface area (Å²) in [6, 6.07) is 4.71. The number of aliphatic hydroxyl groups excluding tert-OH is 1. The third-order valence-corrected chi connectivity index (χ3v) is 1.92. The number of esters is 1. The number of halogens is 1. The number of hydrogen-bond acceptors (Lipinski definition) is 3. The van der Waals surface area contributed by atoms with Crippen LogP contribution in [-0.4, -0.2) is 24.8 Å². The molecule has 1 N–H and O–H groups in total. The first-order valence-corrected chi connectivity index (χ1v) is 4.54. The second kappa shape index (κ2) is 5.40. The molecule has 0 saturated heterocycles. The fraction of sp³-hybridized carbons (Fsp3) is 0.182. The van der Waals surface area contributed by atoms with Gasteiger partial charge in [-0.25, -0.2) is 4.79 Å². The summed E-state index contributed by atoms with van der Waals surface area (Å²) in [6.45, 7) is -0.261. The van der Waals surface area contributed by atoms with Crippen molar-refractivity contribution in [3.63, 3.8) is 0 Å². The van der Waals surface area contributed by atoms with Gasteiger partial charge in [-0.3, -0.25) is 0 Å². The first-order valence-electron chi connectivity index (χ1n) is 4.16. The Labute approximate surface area is 92.6 Å². The van der Waals surface area contributed by atoms with Crippen LogP contribution in [0.3, 0.4) is 0 Å².